The SMILES string of the molecule is CC(=O)O[C@@H]1[C@H](CO)O[C@H](O)C(I)[C@H]1OC(C)=O. The standard InChI is InChI=1S/C10H15IO7/c1-4(13)16-8-6(3-12)18-10(15)7(11)9(8)17-5(2)14/h6-10,12,15H,3H2,1-2H3/t6-,7?,8+,9+,10-/m0/s1. The van der Waals surface area contributed by atoms with Gasteiger partial charge in [0.2, 0.25) is 0 Å². The molecule has 5 atom stereocenters. The number of aliphatic hydroxyl groups excluding tert-OH is 2. The summed E-state index contributed by atoms with van der Waals surface area (Å²) < 4.78 is 14.6. The second-order valence-corrected chi connectivity index (χ2v) is 5.28. The molecule has 0 aromatic heterocycles. The van der Waals surface area contributed by atoms with Crippen LogP contribution in [0.3, 0.4) is 0 Å². The highest BCUT2D eigenvalue weighted by Crippen LogP contribution is 2.30. The smallest absolute Gasteiger partial charge is 0.303 e. The molecular weight excluding hydrogens is 359 g/mol. The molecule has 0 spiro atoms. The van der Waals surface area contributed by atoms with Crippen molar-refractivity contribution >= 4 is 34.5 Å². The summed E-state index contributed by atoms with van der Waals surface area (Å²) in [5, 5.41) is 18.8. The molecule has 1 heterocycles. The van der Waals surface area contributed by atoms with E-state index in [1.165, 1.54) is 13.8 Å². The first-order chi connectivity index (χ1) is 8.36. The fourth-order valence-corrected chi connectivity index (χ4v) is 2.42. The van der Waals surface area contributed by atoms with Crippen LogP contribution >= 0.6 is 22.6 Å². The van der Waals surface area contributed by atoms with Gasteiger partial charge in [0, 0.05) is 13.8 Å². The van der Waals surface area contributed by atoms with Crippen LogP contribution in [0, 0.1) is 0 Å². The van der Waals surface area contributed by atoms with Crippen molar-refractivity contribution < 1.29 is 34.0 Å². The molecule has 18 heavy (non-hydrogen) atoms. The molecule has 1 saturated heterocycles. The lowest BCUT2D eigenvalue weighted by Gasteiger charge is -2.41. The molecule has 1 fully saturated rings. The first-order valence-corrected chi connectivity index (χ1v) is 6.54. The van der Waals surface area contributed by atoms with Gasteiger partial charge in [-0.05, 0) is 0 Å². The van der Waals surface area contributed by atoms with E-state index in [0.717, 1.165) is 0 Å². The Labute approximate surface area is 118 Å². The van der Waals surface area contributed by atoms with Crippen LogP contribution in [-0.2, 0) is 23.8 Å². The van der Waals surface area contributed by atoms with E-state index >= 15 is 0 Å². The van der Waals surface area contributed by atoms with E-state index in [-0.39, 0.29) is 0 Å². The number of hydrogen-bond acceptors (Lipinski definition) is 7. The zero-order valence-corrected chi connectivity index (χ0v) is 12.1. The topological polar surface area (TPSA) is 102 Å². The van der Waals surface area contributed by atoms with Crippen molar-refractivity contribution in [1.29, 1.82) is 0 Å². The molecule has 8 heteroatoms. The minimum Gasteiger partial charge on any atom is -0.457 e. The zero-order chi connectivity index (χ0) is 13.9. The summed E-state index contributed by atoms with van der Waals surface area (Å²) >= 11 is 1.84. The summed E-state index contributed by atoms with van der Waals surface area (Å²) in [6.07, 6.45) is -3.95. The molecule has 0 aromatic carbocycles. The van der Waals surface area contributed by atoms with Gasteiger partial charge in [-0.3, -0.25) is 9.59 Å². The van der Waals surface area contributed by atoms with Gasteiger partial charge in [0.05, 0.1) is 6.61 Å². The number of halogens is 1. The van der Waals surface area contributed by atoms with Crippen molar-refractivity contribution in [2.24, 2.45) is 0 Å². The lowest BCUT2D eigenvalue weighted by Crippen LogP contribution is -2.59. The fourth-order valence-electron chi connectivity index (χ4n) is 1.69. The van der Waals surface area contributed by atoms with Crippen LogP contribution in [0.2, 0.25) is 0 Å². The van der Waals surface area contributed by atoms with Crippen molar-refractivity contribution in [3.05, 3.63) is 0 Å². The van der Waals surface area contributed by atoms with Gasteiger partial charge in [-0.15, -0.1) is 0 Å². The second-order valence-electron chi connectivity index (χ2n) is 3.84. The van der Waals surface area contributed by atoms with E-state index in [4.69, 9.17) is 19.3 Å². The molecule has 0 saturated carbocycles. The fraction of sp³-hybridized carbons (Fsp3) is 0.800. The summed E-state index contributed by atoms with van der Waals surface area (Å²) in [7, 11) is 0. The van der Waals surface area contributed by atoms with Crippen molar-refractivity contribution in [2.45, 2.75) is 42.4 Å². The summed E-state index contributed by atoms with van der Waals surface area (Å²) in [5.74, 6) is -1.15. The van der Waals surface area contributed by atoms with Crippen LogP contribution < -0.4 is 0 Å². The van der Waals surface area contributed by atoms with Crippen molar-refractivity contribution in [3.8, 4) is 0 Å². The molecule has 1 rings (SSSR count). The molecule has 2 N–H and O–H groups in total. The van der Waals surface area contributed by atoms with Gasteiger partial charge in [0.25, 0.3) is 0 Å². The Balaban J connectivity index is 2.92. The highest BCUT2D eigenvalue weighted by molar-refractivity contribution is 14.1. The molecule has 0 amide bonds. The average Bonchev–Trinajstić information content (AvgIpc) is 2.27. The summed E-state index contributed by atoms with van der Waals surface area (Å²) in [5.41, 5.74) is 0. The van der Waals surface area contributed by atoms with Gasteiger partial charge in [-0.25, -0.2) is 0 Å². The number of esters is 2. The third kappa shape index (κ3) is 3.77. The molecule has 7 nitrogen and oxygen atoms in total. The lowest BCUT2D eigenvalue weighted by molar-refractivity contribution is -0.245. The molecule has 1 aliphatic heterocycles. The van der Waals surface area contributed by atoms with Crippen LogP contribution in [0.1, 0.15) is 13.8 Å². The number of alkyl halides is 1. The number of rotatable bonds is 3. The molecule has 0 radical (unpaired) electrons. The number of hydrogen-bond donors (Lipinski definition) is 2. The second kappa shape index (κ2) is 6.64. The minimum atomic E-state index is -1.21. The minimum absolute atomic E-state index is 0.462. The van der Waals surface area contributed by atoms with Gasteiger partial charge < -0.3 is 24.4 Å². The van der Waals surface area contributed by atoms with Gasteiger partial charge in [-0.2, -0.15) is 0 Å². The van der Waals surface area contributed by atoms with E-state index in [0.29, 0.717) is 0 Å². The van der Waals surface area contributed by atoms with Crippen LogP contribution in [0.5, 0.6) is 0 Å². The van der Waals surface area contributed by atoms with E-state index in [1.54, 1.807) is 0 Å². The van der Waals surface area contributed by atoms with Gasteiger partial charge in [0.15, 0.2) is 18.5 Å². The number of carbonyl (C=O) groups is 2. The first-order valence-electron chi connectivity index (χ1n) is 5.29. The van der Waals surface area contributed by atoms with Crippen LogP contribution in [0.4, 0.5) is 0 Å². The van der Waals surface area contributed by atoms with Gasteiger partial charge in [0.1, 0.15) is 10.0 Å². The Morgan fingerprint density at radius 1 is 1.22 bits per heavy atom. The normalized spacial score (nSPS) is 35.9. The Bertz CT molecular complexity index is 305. The highest BCUT2D eigenvalue weighted by Gasteiger charge is 2.48. The van der Waals surface area contributed by atoms with Crippen LogP contribution in [0.15, 0.2) is 0 Å². The van der Waals surface area contributed by atoms with Crippen LogP contribution in [-0.4, -0.2) is 57.3 Å². The predicted molar refractivity (Wildman–Crippen MR) is 66.9 cm³/mol. The summed E-state index contributed by atoms with van der Waals surface area (Å²) in [4.78, 5) is 22.1. The third-order valence-corrected chi connectivity index (χ3v) is 3.70. The lowest BCUT2D eigenvalue weighted by atomic mass is 10.0. The van der Waals surface area contributed by atoms with E-state index < -0.39 is 47.1 Å². The largest absolute Gasteiger partial charge is 0.457 e. The number of carbonyl (C=O) groups excluding carboxylic acids is 2. The van der Waals surface area contributed by atoms with Gasteiger partial charge in [-0.1, -0.05) is 22.6 Å². The molecule has 104 valence electrons. The molecule has 0 aromatic rings. The van der Waals surface area contributed by atoms with E-state index in [2.05, 4.69) is 0 Å². The molecule has 1 aliphatic rings. The van der Waals surface area contributed by atoms with Crippen LogP contribution in [0.25, 0.3) is 0 Å². The predicted octanol–water partition coefficient (Wildman–Crippen LogP) is -0.637. The summed E-state index contributed by atoms with van der Waals surface area (Å²) in [6.45, 7) is 1.95. The maximum Gasteiger partial charge on any atom is 0.303 e. The van der Waals surface area contributed by atoms with E-state index in [1.807, 2.05) is 22.6 Å². The van der Waals surface area contributed by atoms with Crippen molar-refractivity contribution in [1.82, 2.24) is 0 Å². The van der Waals surface area contributed by atoms with Crippen molar-refractivity contribution in [3.63, 3.8) is 0 Å². The number of ether oxygens (including phenoxy) is 3. The molecule has 0 bridgehead atoms. The first kappa shape index (κ1) is 15.6. The quantitative estimate of drug-likeness (QED) is 0.385. The Morgan fingerprint density at radius 2 is 1.72 bits per heavy atom. The summed E-state index contributed by atoms with van der Waals surface area (Å²) in [6, 6.07) is 0. The molecule has 0 aliphatic carbocycles. The maximum atomic E-state index is 11.0. The molecular formula is C10H15IO7. The maximum absolute atomic E-state index is 11.0. The Kier molecular flexibility index (Phi) is 5.76. The van der Waals surface area contributed by atoms with Gasteiger partial charge >= 0.3 is 11.9 Å². The van der Waals surface area contributed by atoms with Crippen molar-refractivity contribution in [2.75, 3.05) is 6.61 Å². The monoisotopic (exact) mass is 374 g/mol. The molecule has 1 unspecified atom stereocenters. The number of aliphatic hydroxyl groups is 2. The zero-order valence-electron chi connectivity index (χ0n) is 9.91. The highest BCUT2D eigenvalue weighted by atomic mass is 127. The Hall–Kier alpha value is -0.450. The Morgan fingerprint density at radius 3 is 2.17 bits per heavy atom. The van der Waals surface area contributed by atoms with E-state index in [9.17, 15) is 14.7 Å². The third-order valence-electron chi connectivity index (χ3n) is 2.37. The average molecular weight is 374 g/mol.